The number of halogens is 3. The summed E-state index contributed by atoms with van der Waals surface area (Å²) < 4.78 is 33.6. The van der Waals surface area contributed by atoms with Gasteiger partial charge in [-0.3, -0.25) is 4.79 Å². The molecule has 2 aromatic carbocycles. The van der Waals surface area contributed by atoms with E-state index in [1.807, 2.05) is 0 Å². The van der Waals surface area contributed by atoms with Crippen LogP contribution < -0.4 is 10.3 Å². The van der Waals surface area contributed by atoms with Crippen molar-refractivity contribution in [2.45, 2.75) is 5.16 Å². The number of nitrogens with zero attached hydrogens (tertiary/aromatic N) is 2. The Kier molecular flexibility index (Phi) is 6.10. The molecule has 3 aromatic rings. The standard InChI is InChI=1S/C19H10BrF2N3O3S/c1-29-19-24-16(11(8-23)17(26)25-19)10-7-9(20)5-6-14(10)28-18(27)15-12(21)3-2-4-13(15)22/h2-7H,1H3,(H,24,25,26). The summed E-state index contributed by atoms with van der Waals surface area (Å²) in [5.74, 6) is -3.55. The van der Waals surface area contributed by atoms with Crippen molar-refractivity contribution in [2.24, 2.45) is 0 Å². The highest BCUT2D eigenvalue weighted by molar-refractivity contribution is 9.10. The lowest BCUT2D eigenvalue weighted by molar-refractivity contribution is 0.0725. The maximum Gasteiger partial charge on any atom is 0.349 e. The van der Waals surface area contributed by atoms with Gasteiger partial charge in [0.1, 0.15) is 40.3 Å². The Morgan fingerprint density at radius 3 is 2.59 bits per heavy atom. The van der Waals surface area contributed by atoms with E-state index < -0.39 is 28.7 Å². The molecule has 0 amide bonds. The van der Waals surface area contributed by atoms with E-state index in [0.29, 0.717) is 4.47 Å². The van der Waals surface area contributed by atoms with Crippen molar-refractivity contribution in [3.8, 4) is 23.1 Å². The molecule has 6 nitrogen and oxygen atoms in total. The zero-order chi connectivity index (χ0) is 21.1. The highest BCUT2D eigenvalue weighted by atomic mass is 79.9. The van der Waals surface area contributed by atoms with E-state index >= 15 is 0 Å². The van der Waals surface area contributed by atoms with Gasteiger partial charge in [-0.25, -0.2) is 18.6 Å². The third kappa shape index (κ3) is 4.21. The molecule has 0 bridgehead atoms. The summed E-state index contributed by atoms with van der Waals surface area (Å²) in [6.45, 7) is 0. The number of carbonyl (C=O) groups is 1. The van der Waals surface area contributed by atoms with Crippen molar-refractivity contribution >= 4 is 33.7 Å². The quantitative estimate of drug-likeness (QED) is 0.260. The molecule has 0 saturated carbocycles. The largest absolute Gasteiger partial charge is 0.422 e. The predicted molar refractivity (Wildman–Crippen MR) is 106 cm³/mol. The van der Waals surface area contributed by atoms with Gasteiger partial charge in [0, 0.05) is 10.0 Å². The molecule has 0 fully saturated rings. The predicted octanol–water partition coefficient (Wildman–Crippen LogP) is 4.29. The first kappa shape index (κ1) is 20.7. The van der Waals surface area contributed by atoms with Crippen LogP contribution in [-0.4, -0.2) is 22.2 Å². The monoisotopic (exact) mass is 477 g/mol. The zero-order valence-electron chi connectivity index (χ0n) is 14.6. The van der Waals surface area contributed by atoms with Crippen LogP contribution in [-0.2, 0) is 0 Å². The number of rotatable bonds is 4. The zero-order valence-corrected chi connectivity index (χ0v) is 17.0. The van der Waals surface area contributed by atoms with E-state index in [0.717, 1.165) is 30.0 Å². The lowest BCUT2D eigenvalue weighted by atomic mass is 10.1. The number of aromatic nitrogens is 2. The van der Waals surface area contributed by atoms with Gasteiger partial charge in [0.15, 0.2) is 5.16 Å². The Balaban J connectivity index is 2.16. The lowest BCUT2D eigenvalue weighted by Gasteiger charge is -2.12. The van der Waals surface area contributed by atoms with E-state index in [2.05, 4.69) is 25.9 Å². The van der Waals surface area contributed by atoms with Gasteiger partial charge in [-0.1, -0.05) is 33.8 Å². The summed E-state index contributed by atoms with van der Waals surface area (Å²) >= 11 is 4.41. The van der Waals surface area contributed by atoms with Gasteiger partial charge in [-0.2, -0.15) is 5.26 Å². The Bertz CT molecular complexity index is 1200. The van der Waals surface area contributed by atoms with Crippen LogP contribution in [0, 0.1) is 23.0 Å². The topological polar surface area (TPSA) is 95.8 Å². The molecule has 0 spiro atoms. The second-order valence-corrected chi connectivity index (χ2v) is 7.25. The van der Waals surface area contributed by atoms with Gasteiger partial charge in [0.2, 0.25) is 0 Å². The van der Waals surface area contributed by atoms with Crippen LogP contribution in [0.1, 0.15) is 15.9 Å². The van der Waals surface area contributed by atoms with Crippen LogP contribution in [0.3, 0.4) is 0 Å². The number of nitriles is 1. The Labute approximate surface area is 175 Å². The molecule has 1 heterocycles. The van der Waals surface area contributed by atoms with E-state index in [9.17, 15) is 23.6 Å². The minimum atomic E-state index is -1.27. The number of nitrogens with one attached hydrogen (secondary N) is 1. The molecule has 29 heavy (non-hydrogen) atoms. The first-order valence-corrected chi connectivity index (χ1v) is 9.92. The van der Waals surface area contributed by atoms with Gasteiger partial charge >= 0.3 is 5.97 Å². The molecule has 0 aliphatic carbocycles. The van der Waals surface area contributed by atoms with Crippen LogP contribution in [0.25, 0.3) is 11.3 Å². The second-order valence-electron chi connectivity index (χ2n) is 5.54. The van der Waals surface area contributed by atoms with Crippen LogP contribution >= 0.6 is 27.7 Å². The number of hydrogen-bond acceptors (Lipinski definition) is 6. The Hall–Kier alpha value is -3.03. The third-order valence-electron chi connectivity index (χ3n) is 3.77. The average molecular weight is 478 g/mol. The smallest absolute Gasteiger partial charge is 0.349 e. The fourth-order valence-corrected chi connectivity index (χ4v) is 3.21. The summed E-state index contributed by atoms with van der Waals surface area (Å²) in [4.78, 5) is 31.3. The maximum atomic E-state index is 13.9. The van der Waals surface area contributed by atoms with Gasteiger partial charge in [0.25, 0.3) is 5.56 Å². The van der Waals surface area contributed by atoms with Gasteiger partial charge in [-0.05, 0) is 36.6 Å². The molecule has 10 heteroatoms. The normalized spacial score (nSPS) is 10.4. The summed E-state index contributed by atoms with van der Waals surface area (Å²) in [6, 6.07) is 9.12. The summed E-state index contributed by atoms with van der Waals surface area (Å²) in [5.41, 5.74) is -1.72. The summed E-state index contributed by atoms with van der Waals surface area (Å²) in [7, 11) is 0. The van der Waals surface area contributed by atoms with E-state index in [1.54, 1.807) is 12.3 Å². The highest BCUT2D eigenvalue weighted by Gasteiger charge is 2.23. The second kappa shape index (κ2) is 8.55. The molecule has 146 valence electrons. The highest BCUT2D eigenvalue weighted by Crippen LogP contribution is 2.34. The lowest BCUT2D eigenvalue weighted by Crippen LogP contribution is -2.16. The van der Waals surface area contributed by atoms with Gasteiger partial charge in [0.05, 0.1) is 0 Å². The maximum absolute atomic E-state index is 13.9. The minimum absolute atomic E-state index is 0.0290. The molecule has 0 saturated heterocycles. The molecule has 0 unspecified atom stereocenters. The van der Waals surface area contributed by atoms with Gasteiger partial charge < -0.3 is 9.72 Å². The molecule has 0 aliphatic rings. The third-order valence-corrected chi connectivity index (χ3v) is 4.84. The number of aromatic amines is 1. The molecule has 0 aliphatic heterocycles. The van der Waals surface area contributed by atoms with Crippen molar-refractivity contribution in [3.05, 3.63) is 74.0 Å². The van der Waals surface area contributed by atoms with Crippen LogP contribution in [0.2, 0.25) is 0 Å². The number of H-pyrrole nitrogens is 1. The molecule has 1 aromatic heterocycles. The molecule has 3 rings (SSSR count). The molecule has 0 radical (unpaired) electrons. The van der Waals surface area contributed by atoms with Crippen molar-refractivity contribution < 1.29 is 18.3 Å². The first-order valence-electron chi connectivity index (χ1n) is 7.90. The summed E-state index contributed by atoms with van der Waals surface area (Å²) in [5, 5.41) is 9.62. The Morgan fingerprint density at radius 1 is 1.28 bits per heavy atom. The molecule has 1 N–H and O–H groups in total. The number of carbonyl (C=O) groups excluding carboxylic acids is 1. The van der Waals surface area contributed by atoms with Crippen LogP contribution in [0.4, 0.5) is 8.78 Å². The van der Waals surface area contributed by atoms with E-state index in [-0.39, 0.29) is 27.7 Å². The number of benzene rings is 2. The van der Waals surface area contributed by atoms with Gasteiger partial charge in [-0.15, -0.1) is 0 Å². The fraction of sp³-hybridized carbons (Fsp3) is 0.0526. The number of esters is 1. The number of ether oxygens (including phenoxy) is 1. The van der Waals surface area contributed by atoms with Crippen molar-refractivity contribution in [3.63, 3.8) is 0 Å². The van der Waals surface area contributed by atoms with Crippen molar-refractivity contribution in [1.82, 2.24) is 9.97 Å². The molecular formula is C19H10BrF2N3O3S. The van der Waals surface area contributed by atoms with Crippen molar-refractivity contribution in [1.29, 1.82) is 5.26 Å². The van der Waals surface area contributed by atoms with Crippen LogP contribution in [0.5, 0.6) is 5.75 Å². The number of thioether (sulfide) groups is 1. The number of hydrogen-bond donors (Lipinski definition) is 1. The molecular weight excluding hydrogens is 468 g/mol. The van der Waals surface area contributed by atoms with Crippen LogP contribution in [0.15, 0.2) is 50.8 Å². The first-order chi connectivity index (χ1) is 13.8. The fourth-order valence-electron chi connectivity index (χ4n) is 2.47. The van der Waals surface area contributed by atoms with Crippen molar-refractivity contribution in [2.75, 3.05) is 6.26 Å². The SMILES string of the molecule is CSc1nc(-c2cc(Br)ccc2OC(=O)c2c(F)cccc2F)c(C#N)c(=O)[nH]1. The Morgan fingerprint density at radius 2 is 1.97 bits per heavy atom. The van der Waals surface area contributed by atoms with E-state index in [4.69, 9.17) is 4.74 Å². The van der Waals surface area contributed by atoms with E-state index in [1.165, 1.54) is 18.2 Å². The summed E-state index contributed by atoms with van der Waals surface area (Å²) in [6.07, 6.45) is 1.68. The molecule has 0 atom stereocenters. The average Bonchev–Trinajstić information content (AvgIpc) is 2.68. The minimum Gasteiger partial charge on any atom is -0.422 e.